The van der Waals surface area contributed by atoms with E-state index in [-0.39, 0.29) is 12.4 Å². The number of fused-ring (bicyclic) bond motifs is 1. The summed E-state index contributed by atoms with van der Waals surface area (Å²) in [5.41, 5.74) is 0.884. The van der Waals surface area contributed by atoms with Gasteiger partial charge in [0.2, 0.25) is 0 Å². The number of methoxy groups -OCH3 is 1. The predicted octanol–water partition coefficient (Wildman–Crippen LogP) is 2.41. The first kappa shape index (κ1) is 11.9. The Bertz CT molecular complexity index is 536. The van der Waals surface area contributed by atoms with Crippen LogP contribution in [0.4, 0.5) is 0 Å². The SMILES string of the molecule is CCOC(=O)Cc1nc2ccc(OC)cc2s1. The van der Waals surface area contributed by atoms with E-state index in [1.54, 1.807) is 14.0 Å². The molecule has 17 heavy (non-hydrogen) atoms. The summed E-state index contributed by atoms with van der Waals surface area (Å²) in [4.78, 5) is 15.7. The molecule has 0 N–H and O–H groups in total. The second kappa shape index (κ2) is 5.14. The summed E-state index contributed by atoms with van der Waals surface area (Å²) < 4.78 is 11.0. The third-order valence-corrected chi connectivity index (χ3v) is 3.26. The molecule has 0 aliphatic carbocycles. The van der Waals surface area contributed by atoms with Crippen LogP contribution in [0.15, 0.2) is 18.2 Å². The van der Waals surface area contributed by atoms with Crippen molar-refractivity contribution in [3.05, 3.63) is 23.2 Å². The lowest BCUT2D eigenvalue weighted by molar-refractivity contribution is -0.142. The van der Waals surface area contributed by atoms with Crippen molar-refractivity contribution in [3.8, 4) is 5.75 Å². The van der Waals surface area contributed by atoms with Gasteiger partial charge in [-0.05, 0) is 25.1 Å². The van der Waals surface area contributed by atoms with E-state index in [0.29, 0.717) is 6.61 Å². The molecule has 0 aliphatic rings. The molecule has 1 heterocycles. The number of carbonyl (C=O) groups excluding carboxylic acids is 1. The molecule has 2 aromatic rings. The van der Waals surface area contributed by atoms with Crippen LogP contribution in [0.1, 0.15) is 11.9 Å². The Hall–Kier alpha value is -1.62. The molecule has 90 valence electrons. The highest BCUT2D eigenvalue weighted by Crippen LogP contribution is 2.26. The molecule has 0 unspecified atom stereocenters. The van der Waals surface area contributed by atoms with Gasteiger partial charge in [0.25, 0.3) is 0 Å². The highest BCUT2D eigenvalue weighted by molar-refractivity contribution is 7.18. The predicted molar refractivity (Wildman–Crippen MR) is 66.5 cm³/mol. The highest BCUT2D eigenvalue weighted by atomic mass is 32.1. The summed E-state index contributed by atoms with van der Waals surface area (Å²) in [5.74, 6) is 0.558. The zero-order valence-corrected chi connectivity index (χ0v) is 10.5. The van der Waals surface area contributed by atoms with E-state index < -0.39 is 0 Å². The Kier molecular flexibility index (Phi) is 3.58. The van der Waals surface area contributed by atoms with Gasteiger partial charge in [-0.3, -0.25) is 4.79 Å². The molecule has 1 aromatic carbocycles. The number of rotatable bonds is 4. The Morgan fingerprint density at radius 1 is 1.47 bits per heavy atom. The van der Waals surface area contributed by atoms with Crippen LogP contribution < -0.4 is 4.74 Å². The maximum Gasteiger partial charge on any atom is 0.312 e. The number of hydrogen-bond donors (Lipinski definition) is 0. The number of benzene rings is 1. The maximum atomic E-state index is 11.3. The van der Waals surface area contributed by atoms with Crippen LogP contribution >= 0.6 is 11.3 Å². The zero-order valence-electron chi connectivity index (χ0n) is 9.73. The summed E-state index contributed by atoms with van der Waals surface area (Å²) in [6.07, 6.45) is 0.232. The molecule has 5 heteroatoms. The number of hydrogen-bond acceptors (Lipinski definition) is 5. The third kappa shape index (κ3) is 2.74. The molecule has 4 nitrogen and oxygen atoms in total. The number of esters is 1. The fourth-order valence-electron chi connectivity index (χ4n) is 1.49. The first-order valence-corrected chi connectivity index (χ1v) is 6.13. The normalized spacial score (nSPS) is 10.5. The van der Waals surface area contributed by atoms with Crippen molar-refractivity contribution in [3.63, 3.8) is 0 Å². The van der Waals surface area contributed by atoms with Crippen molar-refractivity contribution in [2.75, 3.05) is 13.7 Å². The van der Waals surface area contributed by atoms with Gasteiger partial charge in [-0.15, -0.1) is 11.3 Å². The number of ether oxygens (including phenoxy) is 2. The summed E-state index contributed by atoms with van der Waals surface area (Å²) in [6.45, 7) is 2.19. The van der Waals surface area contributed by atoms with Crippen LogP contribution in [-0.4, -0.2) is 24.7 Å². The zero-order chi connectivity index (χ0) is 12.3. The average Bonchev–Trinajstić information content (AvgIpc) is 2.69. The fourth-order valence-corrected chi connectivity index (χ4v) is 2.47. The van der Waals surface area contributed by atoms with Gasteiger partial charge in [0.15, 0.2) is 0 Å². The van der Waals surface area contributed by atoms with Crippen LogP contribution in [0, 0.1) is 0 Å². The van der Waals surface area contributed by atoms with E-state index in [0.717, 1.165) is 21.0 Å². The minimum atomic E-state index is -0.237. The van der Waals surface area contributed by atoms with E-state index in [2.05, 4.69) is 4.98 Å². The molecule has 0 atom stereocenters. The van der Waals surface area contributed by atoms with Gasteiger partial charge in [0.05, 0.1) is 30.4 Å². The second-order valence-corrected chi connectivity index (χ2v) is 4.54. The van der Waals surface area contributed by atoms with Crippen LogP contribution in [0.3, 0.4) is 0 Å². The molecule has 0 saturated carbocycles. The molecule has 1 aromatic heterocycles. The van der Waals surface area contributed by atoms with E-state index in [1.807, 2.05) is 18.2 Å². The van der Waals surface area contributed by atoms with Crippen LogP contribution in [-0.2, 0) is 16.0 Å². The molecule has 0 aliphatic heterocycles. The largest absolute Gasteiger partial charge is 0.497 e. The Balaban J connectivity index is 2.22. The van der Waals surface area contributed by atoms with Crippen molar-refractivity contribution in [2.45, 2.75) is 13.3 Å². The second-order valence-electron chi connectivity index (χ2n) is 3.42. The Morgan fingerprint density at radius 3 is 3.00 bits per heavy atom. The lowest BCUT2D eigenvalue weighted by Crippen LogP contribution is -2.06. The quantitative estimate of drug-likeness (QED) is 0.783. The topological polar surface area (TPSA) is 48.4 Å². The van der Waals surface area contributed by atoms with Crippen LogP contribution in [0.5, 0.6) is 5.75 Å². The minimum Gasteiger partial charge on any atom is -0.497 e. The van der Waals surface area contributed by atoms with Gasteiger partial charge in [0.1, 0.15) is 10.8 Å². The third-order valence-electron chi connectivity index (χ3n) is 2.24. The highest BCUT2D eigenvalue weighted by Gasteiger charge is 2.10. The van der Waals surface area contributed by atoms with Gasteiger partial charge < -0.3 is 9.47 Å². The molecular formula is C12H13NO3S. The van der Waals surface area contributed by atoms with E-state index in [1.165, 1.54) is 11.3 Å². The average molecular weight is 251 g/mol. The lowest BCUT2D eigenvalue weighted by Gasteiger charge is -1.97. The molecule has 0 amide bonds. The van der Waals surface area contributed by atoms with Crippen molar-refractivity contribution in [1.82, 2.24) is 4.98 Å². The molecule has 0 bridgehead atoms. The van der Waals surface area contributed by atoms with Crippen LogP contribution in [0.25, 0.3) is 10.2 Å². The van der Waals surface area contributed by atoms with Gasteiger partial charge in [-0.1, -0.05) is 0 Å². The minimum absolute atomic E-state index is 0.232. The molecule has 0 fully saturated rings. The maximum absolute atomic E-state index is 11.3. The summed E-state index contributed by atoms with van der Waals surface area (Å²) >= 11 is 1.49. The monoisotopic (exact) mass is 251 g/mol. The van der Waals surface area contributed by atoms with Crippen molar-refractivity contribution < 1.29 is 14.3 Å². The fraction of sp³-hybridized carbons (Fsp3) is 0.333. The number of carbonyl (C=O) groups is 1. The Morgan fingerprint density at radius 2 is 2.29 bits per heavy atom. The smallest absolute Gasteiger partial charge is 0.312 e. The van der Waals surface area contributed by atoms with Crippen LogP contribution in [0.2, 0.25) is 0 Å². The number of thiazole rings is 1. The summed E-state index contributed by atoms with van der Waals surface area (Å²) in [6, 6.07) is 5.66. The van der Waals surface area contributed by atoms with Gasteiger partial charge >= 0.3 is 5.97 Å². The summed E-state index contributed by atoms with van der Waals surface area (Å²) in [7, 11) is 1.63. The number of nitrogens with zero attached hydrogens (tertiary/aromatic N) is 1. The van der Waals surface area contributed by atoms with Gasteiger partial charge in [-0.2, -0.15) is 0 Å². The molecule has 0 spiro atoms. The molecule has 0 saturated heterocycles. The Labute approximate surface area is 103 Å². The van der Waals surface area contributed by atoms with Gasteiger partial charge in [-0.25, -0.2) is 4.98 Å². The molecule has 0 radical (unpaired) electrons. The standard InChI is InChI=1S/C12H13NO3S/c1-3-16-12(14)7-11-13-9-5-4-8(15-2)6-10(9)17-11/h4-6H,3,7H2,1-2H3. The lowest BCUT2D eigenvalue weighted by atomic mass is 10.3. The first-order chi connectivity index (χ1) is 8.22. The van der Waals surface area contributed by atoms with Crippen molar-refractivity contribution >= 4 is 27.5 Å². The van der Waals surface area contributed by atoms with E-state index >= 15 is 0 Å². The van der Waals surface area contributed by atoms with E-state index in [4.69, 9.17) is 9.47 Å². The van der Waals surface area contributed by atoms with E-state index in [9.17, 15) is 4.79 Å². The van der Waals surface area contributed by atoms with Crippen molar-refractivity contribution in [1.29, 1.82) is 0 Å². The molecule has 2 rings (SSSR count). The first-order valence-electron chi connectivity index (χ1n) is 5.32. The molecular weight excluding hydrogens is 238 g/mol. The van der Waals surface area contributed by atoms with Gasteiger partial charge in [0, 0.05) is 0 Å². The summed E-state index contributed by atoms with van der Waals surface area (Å²) in [5, 5.41) is 0.770. The van der Waals surface area contributed by atoms with Crippen molar-refractivity contribution in [2.24, 2.45) is 0 Å². The number of aromatic nitrogens is 1.